The van der Waals surface area contributed by atoms with E-state index in [1.54, 1.807) is 19.5 Å². The zero-order chi connectivity index (χ0) is 23.8. The van der Waals surface area contributed by atoms with Crippen molar-refractivity contribution in [2.24, 2.45) is 11.8 Å². The molecule has 2 aromatic heterocycles. The summed E-state index contributed by atoms with van der Waals surface area (Å²) >= 11 is 0. The van der Waals surface area contributed by atoms with Gasteiger partial charge >= 0.3 is 5.97 Å². The van der Waals surface area contributed by atoms with Crippen molar-refractivity contribution in [3.05, 3.63) is 66.1 Å². The summed E-state index contributed by atoms with van der Waals surface area (Å²) in [4.78, 5) is 22.3. The first-order chi connectivity index (χ1) is 16.6. The fourth-order valence-corrected chi connectivity index (χ4v) is 4.91. The third-order valence-corrected chi connectivity index (χ3v) is 6.69. The molecule has 176 valence electrons. The highest BCUT2D eigenvalue weighted by molar-refractivity contribution is 5.83. The lowest BCUT2D eigenvalue weighted by Crippen LogP contribution is -2.41. The van der Waals surface area contributed by atoms with Gasteiger partial charge in [0.15, 0.2) is 0 Å². The van der Waals surface area contributed by atoms with E-state index >= 15 is 0 Å². The molecular weight excluding hydrogens is 426 g/mol. The van der Waals surface area contributed by atoms with Gasteiger partial charge < -0.3 is 9.84 Å². The minimum Gasteiger partial charge on any atom is -0.497 e. The molecule has 0 unspecified atom stereocenters. The quantitative estimate of drug-likeness (QED) is 0.505. The van der Waals surface area contributed by atoms with Gasteiger partial charge in [-0.3, -0.25) is 19.7 Å². The summed E-state index contributed by atoms with van der Waals surface area (Å²) in [6, 6.07) is 11.9. The molecular formula is C28H31N3O3. The maximum absolute atomic E-state index is 11.5. The van der Waals surface area contributed by atoms with Gasteiger partial charge in [0.05, 0.1) is 19.2 Å². The number of aromatic nitrogens is 2. The number of piperidine rings is 1. The summed E-state index contributed by atoms with van der Waals surface area (Å²) in [6.45, 7) is 2.41. The third kappa shape index (κ3) is 6.33. The molecule has 0 aliphatic carbocycles. The second kappa shape index (κ2) is 11.6. The summed E-state index contributed by atoms with van der Waals surface area (Å²) < 4.78 is 5.39. The van der Waals surface area contributed by atoms with E-state index < -0.39 is 5.97 Å². The van der Waals surface area contributed by atoms with Crippen LogP contribution in [0.15, 0.2) is 55.0 Å². The Hall–Kier alpha value is -3.43. The molecule has 6 heteroatoms. The van der Waals surface area contributed by atoms with Gasteiger partial charge in [-0.2, -0.15) is 0 Å². The molecule has 4 rings (SSSR count). The van der Waals surface area contributed by atoms with Crippen molar-refractivity contribution in [3.63, 3.8) is 0 Å². The van der Waals surface area contributed by atoms with Crippen molar-refractivity contribution in [2.75, 3.05) is 26.7 Å². The highest BCUT2D eigenvalue weighted by Crippen LogP contribution is 2.31. The van der Waals surface area contributed by atoms with Gasteiger partial charge in [0.1, 0.15) is 5.75 Å². The Morgan fingerprint density at radius 2 is 2.03 bits per heavy atom. The number of aryl methyl sites for hydroxylation is 1. The zero-order valence-corrected chi connectivity index (χ0v) is 19.6. The van der Waals surface area contributed by atoms with Crippen LogP contribution in [-0.4, -0.2) is 52.7 Å². The number of carboxylic acids is 1. The van der Waals surface area contributed by atoms with Gasteiger partial charge in [-0.05, 0) is 86.0 Å². The maximum atomic E-state index is 11.5. The number of hydrogen-bond donors (Lipinski definition) is 1. The van der Waals surface area contributed by atoms with Gasteiger partial charge in [-0.25, -0.2) is 0 Å². The number of aliphatic carboxylic acids is 1. The van der Waals surface area contributed by atoms with Crippen LogP contribution in [-0.2, 0) is 11.2 Å². The van der Waals surface area contributed by atoms with Crippen molar-refractivity contribution >= 4 is 16.9 Å². The Labute approximate surface area is 201 Å². The molecule has 1 aromatic carbocycles. The van der Waals surface area contributed by atoms with E-state index in [4.69, 9.17) is 4.74 Å². The van der Waals surface area contributed by atoms with Crippen LogP contribution in [0.25, 0.3) is 10.9 Å². The van der Waals surface area contributed by atoms with E-state index in [0.29, 0.717) is 12.5 Å². The van der Waals surface area contributed by atoms with Crippen molar-refractivity contribution in [2.45, 2.75) is 32.1 Å². The molecule has 6 nitrogen and oxygen atoms in total. The average molecular weight is 458 g/mol. The number of fused-ring (bicyclic) bond motifs is 1. The number of likely N-dealkylation sites (tertiary alicyclic amines) is 1. The first kappa shape index (κ1) is 23.7. The average Bonchev–Trinajstić information content (AvgIpc) is 2.85. The number of methoxy groups -OCH3 is 1. The lowest BCUT2D eigenvalue weighted by molar-refractivity contribution is -0.139. The number of hydrogen-bond acceptors (Lipinski definition) is 5. The van der Waals surface area contributed by atoms with Gasteiger partial charge in [-0.15, -0.1) is 0 Å². The first-order valence-electron chi connectivity index (χ1n) is 11.9. The molecule has 1 aliphatic heterocycles. The zero-order valence-electron chi connectivity index (χ0n) is 19.6. The molecule has 0 spiro atoms. The molecule has 1 N–H and O–H groups in total. The fourth-order valence-electron chi connectivity index (χ4n) is 4.91. The molecule has 0 saturated carbocycles. The molecule has 1 fully saturated rings. The van der Waals surface area contributed by atoms with Crippen LogP contribution >= 0.6 is 0 Å². The van der Waals surface area contributed by atoms with Crippen LogP contribution in [0.4, 0.5) is 0 Å². The number of benzene rings is 1. The van der Waals surface area contributed by atoms with Crippen molar-refractivity contribution in [3.8, 4) is 17.6 Å². The highest BCUT2D eigenvalue weighted by atomic mass is 16.5. The molecule has 2 atom stereocenters. The van der Waals surface area contributed by atoms with Crippen molar-refractivity contribution < 1.29 is 14.6 Å². The summed E-state index contributed by atoms with van der Waals surface area (Å²) in [5, 5.41) is 10.6. The van der Waals surface area contributed by atoms with Crippen LogP contribution in [0.3, 0.4) is 0 Å². The van der Waals surface area contributed by atoms with Crippen LogP contribution in [0.1, 0.15) is 36.8 Å². The molecule has 3 aromatic rings. The van der Waals surface area contributed by atoms with Gasteiger partial charge in [0.25, 0.3) is 0 Å². The molecule has 0 radical (unpaired) electrons. The molecule has 1 saturated heterocycles. The summed E-state index contributed by atoms with van der Waals surface area (Å²) in [5.41, 5.74) is 3.19. The second-order valence-corrected chi connectivity index (χ2v) is 8.92. The minimum absolute atomic E-state index is 0.156. The Morgan fingerprint density at radius 1 is 1.18 bits per heavy atom. The van der Waals surface area contributed by atoms with E-state index in [1.807, 2.05) is 30.5 Å². The Morgan fingerprint density at radius 3 is 2.82 bits per heavy atom. The number of nitrogens with zero attached hydrogens (tertiary/aromatic N) is 3. The standard InChI is InChI=1S/C28H31N3O3/c1-34-25-7-8-27-26(19-25)23(11-15-30-27)6-2-5-22-12-17-31(20-24(22)18-28(32)33)16-3-4-21-9-13-29-14-10-21/h7-11,13-15,19,22,24H,2,5-6,12,16-18,20H2,1H3,(H,32,33)/t22-,24+/m1/s1. The van der Waals surface area contributed by atoms with Crippen molar-refractivity contribution in [1.82, 2.24) is 14.9 Å². The van der Waals surface area contributed by atoms with E-state index in [2.05, 4.69) is 38.8 Å². The SMILES string of the molecule is COc1ccc2nccc(CCC[C@@H]3CCN(CC#Cc4ccncc4)C[C@@H]3CC(=O)O)c2c1. The molecule has 3 heterocycles. The molecule has 1 aliphatic rings. The van der Waals surface area contributed by atoms with Gasteiger partial charge in [0, 0.05) is 42.5 Å². The largest absolute Gasteiger partial charge is 0.497 e. The number of carbonyl (C=O) groups is 1. The molecule has 34 heavy (non-hydrogen) atoms. The predicted molar refractivity (Wildman–Crippen MR) is 133 cm³/mol. The fraction of sp³-hybridized carbons (Fsp3) is 0.393. The summed E-state index contributed by atoms with van der Waals surface area (Å²) in [5.74, 6) is 7.10. The number of rotatable bonds is 8. The van der Waals surface area contributed by atoms with Crippen LogP contribution < -0.4 is 4.74 Å². The molecule has 0 amide bonds. The van der Waals surface area contributed by atoms with E-state index in [0.717, 1.165) is 61.0 Å². The maximum Gasteiger partial charge on any atom is 0.303 e. The minimum atomic E-state index is -0.716. The summed E-state index contributed by atoms with van der Waals surface area (Å²) in [6.07, 6.45) is 9.58. The Bertz CT molecular complexity index is 1170. The second-order valence-electron chi connectivity index (χ2n) is 8.92. The Kier molecular flexibility index (Phi) is 8.11. The number of carboxylic acid groups (broad SMARTS) is 1. The van der Waals surface area contributed by atoms with Crippen LogP contribution in [0.5, 0.6) is 5.75 Å². The number of pyridine rings is 2. The van der Waals surface area contributed by atoms with E-state index in [1.165, 1.54) is 5.56 Å². The lowest BCUT2D eigenvalue weighted by Gasteiger charge is -2.37. The smallest absolute Gasteiger partial charge is 0.303 e. The third-order valence-electron chi connectivity index (χ3n) is 6.69. The normalized spacial score (nSPS) is 18.3. The highest BCUT2D eigenvalue weighted by Gasteiger charge is 2.30. The first-order valence-corrected chi connectivity index (χ1v) is 11.9. The van der Waals surface area contributed by atoms with Gasteiger partial charge in [0.2, 0.25) is 0 Å². The van der Waals surface area contributed by atoms with E-state index in [9.17, 15) is 9.90 Å². The Balaban J connectivity index is 1.35. The predicted octanol–water partition coefficient (Wildman–Crippen LogP) is 4.43. The van der Waals surface area contributed by atoms with Crippen LogP contribution in [0.2, 0.25) is 0 Å². The number of ether oxygens (including phenoxy) is 1. The lowest BCUT2D eigenvalue weighted by atomic mass is 9.80. The van der Waals surface area contributed by atoms with Crippen LogP contribution in [0, 0.1) is 23.7 Å². The van der Waals surface area contributed by atoms with Crippen molar-refractivity contribution in [1.29, 1.82) is 0 Å². The monoisotopic (exact) mass is 457 g/mol. The van der Waals surface area contributed by atoms with Gasteiger partial charge in [-0.1, -0.05) is 11.8 Å². The molecule has 0 bridgehead atoms. The van der Waals surface area contributed by atoms with E-state index in [-0.39, 0.29) is 12.3 Å². The summed E-state index contributed by atoms with van der Waals surface area (Å²) in [7, 11) is 1.68. The topological polar surface area (TPSA) is 75.5 Å².